The van der Waals surface area contributed by atoms with Crippen LogP contribution in [0.2, 0.25) is 0 Å². The normalized spacial score (nSPS) is 11.5. The lowest BCUT2D eigenvalue weighted by molar-refractivity contribution is -0.118. The first-order chi connectivity index (χ1) is 12.5. The summed E-state index contributed by atoms with van der Waals surface area (Å²) in [7, 11) is 1.81. The highest BCUT2D eigenvalue weighted by molar-refractivity contribution is 5.97. The third-order valence-electron chi connectivity index (χ3n) is 3.70. The van der Waals surface area contributed by atoms with Gasteiger partial charge in [0.2, 0.25) is 0 Å². The first-order valence-electron chi connectivity index (χ1n) is 8.23. The van der Waals surface area contributed by atoms with Gasteiger partial charge < -0.3 is 20.7 Å². The van der Waals surface area contributed by atoms with Crippen LogP contribution in [0.4, 0.5) is 10.1 Å². The summed E-state index contributed by atoms with van der Waals surface area (Å²) in [5.41, 5.74) is 0.405. The lowest BCUT2D eigenvalue weighted by Gasteiger charge is -2.14. The van der Waals surface area contributed by atoms with Crippen LogP contribution in [0, 0.1) is 5.82 Å². The minimum absolute atomic E-state index is 0.0770. The number of anilines is 1. The van der Waals surface area contributed by atoms with Crippen molar-refractivity contribution in [1.29, 1.82) is 0 Å². The highest BCUT2D eigenvalue weighted by Gasteiger charge is 2.14. The van der Waals surface area contributed by atoms with Gasteiger partial charge in [-0.05, 0) is 38.2 Å². The Labute approximate surface area is 151 Å². The van der Waals surface area contributed by atoms with Gasteiger partial charge in [-0.15, -0.1) is 0 Å². The van der Waals surface area contributed by atoms with Gasteiger partial charge in [-0.1, -0.05) is 24.3 Å². The number of rotatable bonds is 8. The minimum Gasteiger partial charge on any atom is -0.483 e. The van der Waals surface area contributed by atoms with Crippen LogP contribution in [0.1, 0.15) is 17.3 Å². The fraction of sp³-hybridized carbons (Fsp3) is 0.263. The first kappa shape index (κ1) is 19.4. The molecule has 0 aromatic heterocycles. The molecule has 0 heterocycles. The molecule has 6 nitrogen and oxygen atoms in total. The Bertz CT molecular complexity index is 767. The summed E-state index contributed by atoms with van der Waals surface area (Å²) in [4.78, 5) is 24.3. The molecule has 0 fully saturated rings. The van der Waals surface area contributed by atoms with Crippen molar-refractivity contribution in [1.82, 2.24) is 10.6 Å². The molecule has 2 aromatic rings. The lowest BCUT2D eigenvalue weighted by atomic mass is 10.2. The molecule has 0 aliphatic rings. The van der Waals surface area contributed by atoms with E-state index in [2.05, 4.69) is 16.0 Å². The quantitative estimate of drug-likeness (QED) is 0.675. The van der Waals surface area contributed by atoms with Crippen molar-refractivity contribution >= 4 is 17.5 Å². The Morgan fingerprint density at radius 3 is 2.54 bits per heavy atom. The van der Waals surface area contributed by atoms with E-state index in [-0.39, 0.29) is 30.0 Å². The van der Waals surface area contributed by atoms with Gasteiger partial charge in [-0.2, -0.15) is 0 Å². The van der Waals surface area contributed by atoms with E-state index in [9.17, 15) is 14.0 Å². The van der Waals surface area contributed by atoms with Gasteiger partial charge in [-0.25, -0.2) is 4.39 Å². The van der Waals surface area contributed by atoms with Crippen LogP contribution in [-0.4, -0.2) is 38.1 Å². The summed E-state index contributed by atoms with van der Waals surface area (Å²) in [6, 6.07) is 12.6. The molecule has 138 valence electrons. The molecule has 0 saturated heterocycles. The van der Waals surface area contributed by atoms with E-state index >= 15 is 0 Å². The molecule has 0 spiro atoms. The maximum Gasteiger partial charge on any atom is 0.262 e. The molecule has 0 aliphatic carbocycles. The van der Waals surface area contributed by atoms with Crippen molar-refractivity contribution in [3.8, 4) is 5.75 Å². The largest absolute Gasteiger partial charge is 0.483 e. The van der Waals surface area contributed by atoms with Crippen LogP contribution < -0.4 is 20.7 Å². The summed E-state index contributed by atoms with van der Waals surface area (Å²) in [6.45, 7) is 2.05. The number of hydrogen-bond donors (Lipinski definition) is 3. The van der Waals surface area contributed by atoms with Crippen LogP contribution >= 0.6 is 0 Å². The summed E-state index contributed by atoms with van der Waals surface area (Å²) in [6.07, 6.45) is 0. The molecule has 7 heteroatoms. The molecule has 3 N–H and O–H groups in total. The van der Waals surface area contributed by atoms with Crippen molar-refractivity contribution in [3.63, 3.8) is 0 Å². The Balaban J connectivity index is 1.96. The number of ether oxygens (including phenoxy) is 1. The average Bonchev–Trinajstić information content (AvgIpc) is 2.66. The molecule has 0 bridgehead atoms. The topological polar surface area (TPSA) is 79.5 Å². The number of amides is 2. The zero-order chi connectivity index (χ0) is 18.9. The number of benzene rings is 2. The van der Waals surface area contributed by atoms with Gasteiger partial charge in [0.1, 0.15) is 11.6 Å². The SMILES string of the molecule is CNC(C)CNC(=O)c1ccccc1OCC(=O)Nc1ccccc1F. The summed E-state index contributed by atoms with van der Waals surface area (Å²) in [5, 5.41) is 8.25. The predicted octanol–water partition coefficient (Wildman–Crippen LogP) is 2.18. The van der Waals surface area contributed by atoms with Gasteiger partial charge in [0.15, 0.2) is 6.61 Å². The molecule has 2 amide bonds. The van der Waals surface area contributed by atoms with E-state index in [0.29, 0.717) is 12.1 Å². The number of hydrogen-bond acceptors (Lipinski definition) is 4. The van der Waals surface area contributed by atoms with Crippen molar-refractivity contribution < 1.29 is 18.7 Å². The zero-order valence-corrected chi connectivity index (χ0v) is 14.7. The maximum absolute atomic E-state index is 13.5. The van der Waals surface area contributed by atoms with Crippen molar-refractivity contribution in [2.24, 2.45) is 0 Å². The zero-order valence-electron chi connectivity index (χ0n) is 14.7. The fourth-order valence-electron chi connectivity index (χ4n) is 2.12. The third kappa shape index (κ3) is 5.56. The molecular formula is C19H22FN3O3. The molecular weight excluding hydrogens is 337 g/mol. The predicted molar refractivity (Wildman–Crippen MR) is 97.8 cm³/mol. The van der Waals surface area contributed by atoms with E-state index in [1.54, 1.807) is 30.3 Å². The lowest BCUT2D eigenvalue weighted by Crippen LogP contribution is -2.37. The van der Waals surface area contributed by atoms with E-state index in [1.165, 1.54) is 18.2 Å². The molecule has 0 radical (unpaired) electrons. The summed E-state index contributed by atoms with van der Waals surface area (Å²) in [5.74, 6) is -1.06. The monoisotopic (exact) mass is 359 g/mol. The average molecular weight is 359 g/mol. The number of likely N-dealkylation sites (N-methyl/N-ethyl adjacent to an activating group) is 1. The highest BCUT2D eigenvalue weighted by atomic mass is 19.1. The second-order valence-corrected chi connectivity index (χ2v) is 5.71. The van der Waals surface area contributed by atoms with Crippen LogP contribution in [0.25, 0.3) is 0 Å². The molecule has 26 heavy (non-hydrogen) atoms. The molecule has 2 aromatic carbocycles. The number of para-hydroxylation sites is 2. The van der Waals surface area contributed by atoms with E-state index in [0.717, 1.165) is 0 Å². The summed E-state index contributed by atoms with van der Waals surface area (Å²) >= 11 is 0. The molecule has 1 unspecified atom stereocenters. The molecule has 2 rings (SSSR count). The number of halogens is 1. The van der Waals surface area contributed by atoms with Crippen LogP contribution in [0.15, 0.2) is 48.5 Å². The standard InChI is InChI=1S/C19H22FN3O3/c1-13(21-2)11-22-19(25)14-7-3-6-10-17(14)26-12-18(24)23-16-9-5-4-8-15(16)20/h3-10,13,21H,11-12H2,1-2H3,(H,22,25)(H,23,24). The maximum atomic E-state index is 13.5. The van der Waals surface area contributed by atoms with Crippen LogP contribution in [0.5, 0.6) is 5.75 Å². The fourth-order valence-corrected chi connectivity index (χ4v) is 2.12. The number of nitrogens with one attached hydrogen (secondary N) is 3. The van der Waals surface area contributed by atoms with Gasteiger partial charge in [-0.3, -0.25) is 9.59 Å². The first-order valence-corrected chi connectivity index (χ1v) is 8.23. The van der Waals surface area contributed by atoms with Crippen LogP contribution in [0.3, 0.4) is 0 Å². The van der Waals surface area contributed by atoms with E-state index in [4.69, 9.17) is 4.74 Å². The second kappa shape index (κ2) is 9.53. The van der Waals surface area contributed by atoms with Gasteiger partial charge in [0.05, 0.1) is 11.3 Å². The Morgan fingerprint density at radius 2 is 1.81 bits per heavy atom. The molecule has 1 atom stereocenters. The number of carbonyl (C=O) groups excluding carboxylic acids is 2. The molecule has 0 saturated carbocycles. The molecule has 0 aliphatic heterocycles. The van der Waals surface area contributed by atoms with Crippen molar-refractivity contribution in [2.45, 2.75) is 13.0 Å². The highest BCUT2D eigenvalue weighted by Crippen LogP contribution is 2.18. The smallest absolute Gasteiger partial charge is 0.262 e. The second-order valence-electron chi connectivity index (χ2n) is 5.71. The van der Waals surface area contributed by atoms with Gasteiger partial charge in [0.25, 0.3) is 11.8 Å². The minimum atomic E-state index is -0.528. The van der Waals surface area contributed by atoms with Gasteiger partial charge >= 0.3 is 0 Å². The Kier molecular flexibility index (Phi) is 7.11. The summed E-state index contributed by atoms with van der Waals surface area (Å²) < 4.78 is 19.0. The van der Waals surface area contributed by atoms with E-state index in [1.807, 2.05) is 14.0 Å². The van der Waals surface area contributed by atoms with Gasteiger partial charge in [0, 0.05) is 12.6 Å². The van der Waals surface area contributed by atoms with Crippen molar-refractivity contribution in [3.05, 3.63) is 59.9 Å². The van der Waals surface area contributed by atoms with Crippen molar-refractivity contribution in [2.75, 3.05) is 25.5 Å². The number of carbonyl (C=O) groups is 2. The Hall–Kier alpha value is -2.93. The Morgan fingerprint density at radius 1 is 1.12 bits per heavy atom. The van der Waals surface area contributed by atoms with E-state index < -0.39 is 11.7 Å². The van der Waals surface area contributed by atoms with Crippen LogP contribution in [-0.2, 0) is 4.79 Å². The third-order valence-corrected chi connectivity index (χ3v) is 3.70.